The van der Waals surface area contributed by atoms with E-state index >= 15 is 0 Å². The van der Waals surface area contributed by atoms with Gasteiger partial charge in [0.2, 0.25) is 0 Å². The third kappa shape index (κ3) is 7.81. The molecule has 0 saturated heterocycles. The first-order valence-electron chi connectivity index (χ1n) is 5.07. The second-order valence-corrected chi connectivity index (χ2v) is 3.25. The largest absolute Gasteiger partial charge is 0.480 e. The van der Waals surface area contributed by atoms with Crippen LogP contribution in [-0.4, -0.2) is 36.4 Å². The predicted molar refractivity (Wildman–Crippen MR) is 59.0 cm³/mol. The van der Waals surface area contributed by atoms with Gasteiger partial charge in [-0.15, -0.1) is 0 Å². The molecule has 1 atom stereocenters. The first-order valence-corrected chi connectivity index (χ1v) is 5.07. The lowest BCUT2D eigenvalue weighted by atomic mass is 10.1. The summed E-state index contributed by atoms with van der Waals surface area (Å²) < 4.78 is 4.67. The highest BCUT2D eigenvalue weighted by Crippen LogP contribution is 1.98. The van der Waals surface area contributed by atoms with Gasteiger partial charge in [-0.2, -0.15) is 0 Å². The Kier molecular flexibility index (Phi) is 7.87. The second kappa shape index (κ2) is 8.72. The maximum absolute atomic E-state index is 10.9. The Morgan fingerprint density at radius 2 is 2.19 bits per heavy atom. The van der Waals surface area contributed by atoms with Crippen LogP contribution in [-0.2, 0) is 9.53 Å². The van der Waals surface area contributed by atoms with Crippen molar-refractivity contribution in [3.05, 3.63) is 12.7 Å². The number of rotatable bonds is 8. The van der Waals surface area contributed by atoms with E-state index in [0.717, 1.165) is 0 Å². The molecule has 0 aromatic heterocycles. The topological polar surface area (TPSA) is 102 Å². The first kappa shape index (κ1) is 14.4. The number of carboxylic acid groups (broad SMARTS) is 1. The molecule has 0 saturated carbocycles. The lowest BCUT2D eigenvalue weighted by Crippen LogP contribution is -2.30. The molecule has 1 unspecified atom stereocenters. The average Bonchev–Trinajstić information content (AvgIpc) is 2.25. The van der Waals surface area contributed by atoms with Crippen molar-refractivity contribution in [2.75, 3.05) is 13.2 Å². The van der Waals surface area contributed by atoms with Crippen LogP contribution in [0.2, 0.25) is 0 Å². The van der Waals surface area contributed by atoms with E-state index in [-0.39, 0.29) is 6.61 Å². The third-order valence-corrected chi connectivity index (χ3v) is 1.86. The van der Waals surface area contributed by atoms with Gasteiger partial charge in [0, 0.05) is 6.54 Å². The van der Waals surface area contributed by atoms with Gasteiger partial charge >= 0.3 is 12.1 Å². The molecule has 0 aromatic carbocycles. The molecule has 0 fully saturated rings. The number of carbonyl (C=O) groups is 2. The molecule has 1 amide bonds. The smallest absolute Gasteiger partial charge is 0.407 e. The van der Waals surface area contributed by atoms with E-state index in [4.69, 9.17) is 10.8 Å². The zero-order chi connectivity index (χ0) is 12.4. The maximum atomic E-state index is 10.9. The third-order valence-electron chi connectivity index (χ3n) is 1.86. The monoisotopic (exact) mass is 230 g/mol. The van der Waals surface area contributed by atoms with E-state index in [0.29, 0.717) is 25.8 Å². The van der Waals surface area contributed by atoms with Gasteiger partial charge < -0.3 is 20.9 Å². The number of amides is 1. The second-order valence-electron chi connectivity index (χ2n) is 3.25. The molecular formula is C10H18N2O4. The summed E-state index contributed by atoms with van der Waals surface area (Å²) >= 11 is 0. The van der Waals surface area contributed by atoms with Gasteiger partial charge in [-0.25, -0.2) is 4.79 Å². The van der Waals surface area contributed by atoms with Crippen molar-refractivity contribution in [3.8, 4) is 0 Å². The summed E-state index contributed by atoms with van der Waals surface area (Å²) in [6.45, 7) is 4.03. The van der Waals surface area contributed by atoms with Gasteiger partial charge in [0.25, 0.3) is 0 Å². The molecule has 0 heterocycles. The van der Waals surface area contributed by atoms with Gasteiger partial charge in [0.05, 0.1) is 0 Å². The van der Waals surface area contributed by atoms with Crippen LogP contribution in [0.15, 0.2) is 12.7 Å². The van der Waals surface area contributed by atoms with Crippen LogP contribution in [0.1, 0.15) is 19.3 Å². The van der Waals surface area contributed by atoms with Gasteiger partial charge in [-0.1, -0.05) is 12.7 Å². The van der Waals surface area contributed by atoms with Gasteiger partial charge in [0.15, 0.2) is 0 Å². The molecule has 6 nitrogen and oxygen atoms in total. The van der Waals surface area contributed by atoms with Crippen LogP contribution in [0.5, 0.6) is 0 Å². The number of unbranched alkanes of at least 4 members (excludes halogenated alkanes) is 1. The fourth-order valence-corrected chi connectivity index (χ4v) is 0.989. The standard InChI is InChI=1S/C10H18N2O4/c1-2-7-16-10(15)12-6-4-3-5-8(11)9(13)14/h2,8H,1,3-7,11H2,(H,12,15)(H,13,14). The molecule has 0 rings (SSSR count). The lowest BCUT2D eigenvalue weighted by molar-refractivity contribution is -0.138. The summed E-state index contributed by atoms with van der Waals surface area (Å²) in [4.78, 5) is 21.3. The van der Waals surface area contributed by atoms with E-state index in [9.17, 15) is 9.59 Å². The molecule has 16 heavy (non-hydrogen) atoms. The minimum Gasteiger partial charge on any atom is -0.480 e. The number of alkyl carbamates (subject to hydrolysis) is 1. The Morgan fingerprint density at radius 1 is 1.50 bits per heavy atom. The van der Waals surface area contributed by atoms with Gasteiger partial charge in [-0.3, -0.25) is 4.79 Å². The highest BCUT2D eigenvalue weighted by molar-refractivity contribution is 5.72. The Morgan fingerprint density at radius 3 is 2.75 bits per heavy atom. The van der Waals surface area contributed by atoms with Crippen LogP contribution in [0.4, 0.5) is 4.79 Å². The summed E-state index contributed by atoms with van der Waals surface area (Å²) in [6.07, 6.45) is 2.70. The van der Waals surface area contributed by atoms with Crippen molar-refractivity contribution in [1.82, 2.24) is 5.32 Å². The number of aliphatic carboxylic acids is 1. The number of carboxylic acids is 1. The molecule has 0 aliphatic heterocycles. The predicted octanol–water partition coefficient (Wildman–Crippen LogP) is 0.481. The molecule has 0 radical (unpaired) electrons. The van der Waals surface area contributed by atoms with E-state index in [1.807, 2.05) is 0 Å². The minimum absolute atomic E-state index is 0.176. The highest BCUT2D eigenvalue weighted by Gasteiger charge is 2.10. The Hall–Kier alpha value is -1.56. The molecule has 0 bridgehead atoms. The summed E-state index contributed by atoms with van der Waals surface area (Å²) in [5.74, 6) is -1.00. The number of hydrogen-bond acceptors (Lipinski definition) is 4. The van der Waals surface area contributed by atoms with Crippen molar-refractivity contribution in [2.45, 2.75) is 25.3 Å². The molecular weight excluding hydrogens is 212 g/mol. The van der Waals surface area contributed by atoms with Crippen molar-refractivity contribution in [3.63, 3.8) is 0 Å². The summed E-state index contributed by atoms with van der Waals surface area (Å²) in [6, 6.07) is -0.826. The van der Waals surface area contributed by atoms with E-state index in [1.165, 1.54) is 6.08 Å². The summed E-state index contributed by atoms with van der Waals surface area (Å²) in [5.41, 5.74) is 5.30. The van der Waals surface area contributed by atoms with Crippen LogP contribution in [0.3, 0.4) is 0 Å². The van der Waals surface area contributed by atoms with E-state index in [2.05, 4.69) is 16.6 Å². The lowest BCUT2D eigenvalue weighted by Gasteiger charge is -2.07. The van der Waals surface area contributed by atoms with Crippen LogP contribution in [0, 0.1) is 0 Å². The minimum atomic E-state index is -1.00. The average molecular weight is 230 g/mol. The zero-order valence-electron chi connectivity index (χ0n) is 9.15. The van der Waals surface area contributed by atoms with Crippen LogP contribution < -0.4 is 11.1 Å². The number of carbonyl (C=O) groups excluding carboxylic acids is 1. The quantitative estimate of drug-likeness (QED) is 0.416. The summed E-state index contributed by atoms with van der Waals surface area (Å²) in [5, 5.41) is 11.0. The first-order chi connectivity index (χ1) is 7.57. The maximum Gasteiger partial charge on any atom is 0.407 e. The Bertz CT molecular complexity index is 243. The van der Waals surface area contributed by atoms with Gasteiger partial charge in [-0.05, 0) is 19.3 Å². The molecule has 0 aliphatic rings. The van der Waals surface area contributed by atoms with E-state index < -0.39 is 18.1 Å². The normalized spacial score (nSPS) is 11.6. The van der Waals surface area contributed by atoms with Crippen LogP contribution >= 0.6 is 0 Å². The van der Waals surface area contributed by atoms with Crippen molar-refractivity contribution >= 4 is 12.1 Å². The zero-order valence-corrected chi connectivity index (χ0v) is 9.15. The molecule has 4 N–H and O–H groups in total. The fraction of sp³-hybridized carbons (Fsp3) is 0.600. The SMILES string of the molecule is C=CCOC(=O)NCCCCC(N)C(=O)O. The molecule has 6 heteroatoms. The number of nitrogens with one attached hydrogen (secondary N) is 1. The summed E-state index contributed by atoms with van der Waals surface area (Å²) in [7, 11) is 0. The van der Waals surface area contributed by atoms with E-state index in [1.54, 1.807) is 0 Å². The number of ether oxygens (including phenoxy) is 1. The fourth-order valence-electron chi connectivity index (χ4n) is 0.989. The van der Waals surface area contributed by atoms with Gasteiger partial charge in [0.1, 0.15) is 12.6 Å². The molecule has 0 aromatic rings. The Labute approximate surface area is 94.5 Å². The van der Waals surface area contributed by atoms with Crippen molar-refractivity contribution in [1.29, 1.82) is 0 Å². The Balaban J connectivity index is 3.36. The molecule has 0 spiro atoms. The molecule has 92 valence electrons. The highest BCUT2D eigenvalue weighted by atomic mass is 16.5. The number of hydrogen-bond donors (Lipinski definition) is 3. The van der Waals surface area contributed by atoms with Crippen molar-refractivity contribution in [2.24, 2.45) is 5.73 Å². The van der Waals surface area contributed by atoms with Crippen LogP contribution in [0.25, 0.3) is 0 Å². The number of nitrogens with two attached hydrogens (primary N) is 1. The molecule has 0 aliphatic carbocycles. The van der Waals surface area contributed by atoms with Crippen molar-refractivity contribution < 1.29 is 19.4 Å².